The van der Waals surface area contributed by atoms with Crippen LogP contribution in [-0.4, -0.2) is 10.2 Å². The van der Waals surface area contributed by atoms with Gasteiger partial charge in [-0.15, -0.1) is 0 Å². The van der Waals surface area contributed by atoms with Gasteiger partial charge in [-0.2, -0.15) is 0 Å². The van der Waals surface area contributed by atoms with Crippen molar-refractivity contribution in [2.24, 2.45) is 0 Å². The van der Waals surface area contributed by atoms with Crippen LogP contribution in [0.2, 0.25) is 0 Å². The molecule has 2 aromatic rings. The Morgan fingerprint density at radius 2 is 0.852 bits per heavy atom. The zero-order chi connectivity index (χ0) is 20.9. The third-order valence-corrected chi connectivity index (χ3v) is 5.66. The molecule has 2 heteroatoms. The molecule has 0 aliphatic heterocycles. The van der Waals surface area contributed by atoms with E-state index in [0.29, 0.717) is 11.5 Å². The minimum absolute atomic E-state index is 0.137. The monoisotopic (exact) mass is 368 g/mol. The molecule has 0 aliphatic rings. The van der Waals surface area contributed by atoms with Crippen LogP contribution in [0.5, 0.6) is 11.5 Å². The van der Waals surface area contributed by atoms with E-state index in [9.17, 15) is 10.2 Å². The zero-order valence-corrected chi connectivity index (χ0v) is 18.7. The lowest BCUT2D eigenvalue weighted by molar-refractivity contribution is 0.440. The van der Waals surface area contributed by atoms with E-state index in [1.165, 1.54) is 11.1 Å². The first-order valence-electron chi connectivity index (χ1n) is 9.76. The fraction of sp³-hybridized carbons (Fsp3) is 0.520. The van der Waals surface area contributed by atoms with Gasteiger partial charge in [0.1, 0.15) is 11.5 Å². The molecular weight excluding hydrogens is 332 g/mol. The lowest BCUT2D eigenvalue weighted by atomic mass is 9.72. The molecule has 0 fully saturated rings. The molecule has 27 heavy (non-hydrogen) atoms. The number of hydrogen-bond acceptors (Lipinski definition) is 2. The van der Waals surface area contributed by atoms with Crippen LogP contribution in [0.15, 0.2) is 24.3 Å². The summed E-state index contributed by atoms with van der Waals surface area (Å²) in [5, 5.41) is 21.2. The Kier molecular flexibility index (Phi) is 5.20. The average molecular weight is 369 g/mol. The van der Waals surface area contributed by atoms with E-state index in [0.717, 1.165) is 22.3 Å². The van der Waals surface area contributed by atoms with Crippen molar-refractivity contribution >= 4 is 0 Å². The van der Waals surface area contributed by atoms with E-state index in [2.05, 4.69) is 79.7 Å². The van der Waals surface area contributed by atoms with Gasteiger partial charge < -0.3 is 10.2 Å². The highest BCUT2D eigenvalue weighted by Crippen LogP contribution is 2.42. The van der Waals surface area contributed by atoms with Gasteiger partial charge in [-0.05, 0) is 58.1 Å². The first-order valence-corrected chi connectivity index (χ1v) is 9.76. The standard InChI is InChI=1S/C25H36O2/c1-15-11-17(13-19(21(15)26)23(3,4)5)25(9,10)18-12-16(2)22(27)20(14-18)24(6,7)8/h11-14,26-27H,1-10H3. The number of phenols is 2. The predicted octanol–water partition coefficient (Wildman–Crippen LogP) is 6.64. The molecule has 2 rings (SSSR count). The highest BCUT2D eigenvalue weighted by atomic mass is 16.3. The van der Waals surface area contributed by atoms with Crippen molar-refractivity contribution in [2.45, 2.75) is 85.5 Å². The first-order chi connectivity index (χ1) is 12.1. The van der Waals surface area contributed by atoms with Crippen LogP contribution >= 0.6 is 0 Å². The van der Waals surface area contributed by atoms with Crippen LogP contribution in [-0.2, 0) is 16.2 Å². The summed E-state index contributed by atoms with van der Waals surface area (Å²) in [7, 11) is 0. The fourth-order valence-corrected chi connectivity index (χ4v) is 3.59. The van der Waals surface area contributed by atoms with Gasteiger partial charge in [0, 0.05) is 5.41 Å². The highest BCUT2D eigenvalue weighted by molar-refractivity contribution is 5.54. The van der Waals surface area contributed by atoms with E-state index in [4.69, 9.17) is 0 Å². The molecule has 0 heterocycles. The van der Waals surface area contributed by atoms with Crippen LogP contribution in [0, 0.1) is 13.8 Å². The third kappa shape index (κ3) is 4.00. The van der Waals surface area contributed by atoms with Crippen molar-refractivity contribution in [3.05, 3.63) is 57.6 Å². The number of rotatable bonds is 2. The molecule has 2 aromatic carbocycles. The van der Waals surface area contributed by atoms with E-state index < -0.39 is 0 Å². The molecule has 0 unspecified atom stereocenters. The molecule has 0 saturated carbocycles. The Hall–Kier alpha value is -1.96. The SMILES string of the molecule is Cc1cc(C(C)(C)c2cc(C)c(O)c(C(C)(C)C)c2)cc(C(C)(C)C)c1O. The molecule has 0 spiro atoms. The predicted molar refractivity (Wildman–Crippen MR) is 115 cm³/mol. The molecular formula is C25H36O2. The largest absolute Gasteiger partial charge is 0.507 e. The van der Waals surface area contributed by atoms with Crippen LogP contribution < -0.4 is 0 Å². The zero-order valence-electron chi connectivity index (χ0n) is 18.7. The van der Waals surface area contributed by atoms with Crippen molar-refractivity contribution in [1.82, 2.24) is 0 Å². The second kappa shape index (κ2) is 6.58. The topological polar surface area (TPSA) is 40.5 Å². The van der Waals surface area contributed by atoms with E-state index >= 15 is 0 Å². The van der Waals surface area contributed by atoms with Gasteiger partial charge in [0.05, 0.1) is 0 Å². The van der Waals surface area contributed by atoms with Gasteiger partial charge >= 0.3 is 0 Å². The summed E-state index contributed by atoms with van der Waals surface area (Å²) in [6, 6.07) is 8.45. The Balaban J connectivity index is 2.74. The van der Waals surface area contributed by atoms with Crippen LogP contribution in [0.4, 0.5) is 0 Å². The average Bonchev–Trinajstić information content (AvgIpc) is 2.49. The lowest BCUT2D eigenvalue weighted by Crippen LogP contribution is -2.23. The lowest BCUT2D eigenvalue weighted by Gasteiger charge is -2.32. The molecule has 0 saturated heterocycles. The number of hydrogen-bond donors (Lipinski definition) is 2. The summed E-state index contributed by atoms with van der Waals surface area (Å²) in [5.41, 5.74) is 5.56. The molecule has 0 aliphatic carbocycles. The smallest absolute Gasteiger partial charge is 0.122 e. The van der Waals surface area contributed by atoms with Crippen molar-refractivity contribution in [3.8, 4) is 11.5 Å². The van der Waals surface area contributed by atoms with Crippen molar-refractivity contribution in [3.63, 3.8) is 0 Å². The summed E-state index contributed by atoms with van der Waals surface area (Å²) in [6.45, 7) is 21.1. The molecule has 0 bridgehead atoms. The minimum atomic E-state index is -0.253. The maximum atomic E-state index is 10.6. The van der Waals surface area contributed by atoms with Gasteiger partial charge in [0.15, 0.2) is 0 Å². The molecule has 148 valence electrons. The van der Waals surface area contributed by atoms with E-state index in [1.54, 1.807) is 0 Å². The van der Waals surface area contributed by atoms with Crippen LogP contribution in [0.3, 0.4) is 0 Å². The van der Waals surface area contributed by atoms with Gasteiger partial charge in [-0.25, -0.2) is 0 Å². The van der Waals surface area contributed by atoms with Crippen molar-refractivity contribution < 1.29 is 10.2 Å². The maximum absolute atomic E-state index is 10.6. The fourth-order valence-electron chi connectivity index (χ4n) is 3.59. The minimum Gasteiger partial charge on any atom is -0.507 e. The molecule has 2 N–H and O–H groups in total. The normalized spacial score (nSPS) is 13.1. The quantitative estimate of drug-likeness (QED) is 0.624. The van der Waals surface area contributed by atoms with Crippen molar-refractivity contribution in [1.29, 1.82) is 0 Å². The highest BCUT2D eigenvalue weighted by Gasteiger charge is 2.30. The second-order valence-corrected chi connectivity index (χ2v) is 10.5. The Morgan fingerprint density at radius 1 is 0.556 bits per heavy atom. The molecule has 0 amide bonds. The second-order valence-electron chi connectivity index (χ2n) is 10.5. The van der Waals surface area contributed by atoms with Gasteiger partial charge in [-0.1, -0.05) is 79.7 Å². The summed E-state index contributed by atoms with van der Waals surface area (Å²) >= 11 is 0. The first kappa shape index (κ1) is 21.3. The molecule has 0 atom stereocenters. The number of benzene rings is 2. The number of phenolic OH excluding ortho intramolecular Hbond substituents is 2. The van der Waals surface area contributed by atoms with Gasteiger partial charge in [0.25, 0.3) is 0 Å². The number of aryl methyl sites for hydroxylation is 2. The summed E-state index contributed by atoms with van der Waals surface area (Å²) in [4.78, 5) is 0. The van der Waals surface area contributed by atoms with Gasteiger partial charge in [0.2, 0.25) is 0 Å². The van der Waals surface area contributed by atoms with Crippen molar-refractivity contribution in [2.75, 3.05) is 0 Å². The molecule has 0 aromatic heterocycles. The van der Waals surface area contributed by atoms with Crippen LogP contribution in [0.25, 0.3) is 0 Å². The summed E-state index contributed by atoms with van der Waals surface area (Å²) in [6.07, 6.45) is 0. The summed E-state index contributed by atoms with van der Waals surface area (Å²) < 4.78 is 0. The Morgan fingerprint density at radius 3 is 1.11 bits per heavy atom. The molecule has 0 radical (unpaired) electrons. The van der Waals surface area contributed by atoms with E-state index in [-0.39, 0.29) is 16.2 Å². The van der Waals surface area contributed by atoms with Crippen LogP contribution in [0.1, 0.15) is 88.8 Å². The van der Waals surface area contributed by atoms with E-state index in [1.807, 2.05) is 13.8 Å². The third-order valence-electron chi connectivity index (χ3n) is 5.66. The molecule has 2 nitrogen and oxygen atoms in total. The maximum Gasteiger partial charge on any atom is 0.122 e. The number of aromatic hydroxyl groups is 2. The Bertz CT molecular complexity index is 788. The Labute approximate surface area is 165 Å². The summed E-state index contributed by atoms with van der Waals surface area (Å²) in [5.74, 6) is 0.777. The van der Waals surface area contributed by atoms with Gasteiger partial charge in [-0.3, -0.25) is 0 Å².